The molecule has 0 spiro atoms. The van der Waals surface area contributed by atoms with Gasteiger partial charge in [0.2, 0.25) is 11.9 Å². The van der Waals surface area contributed by atoms with E-state index in [1.807, 2.05) is 38.1 Å². The first kappa shape index (κ1) is 17.4. The lowest BCUT2D eigenvalue weighted by Crippen LogP contribution is -2.48. The van der Waals surface area contributed by atoms with Gasteiger partial charge in [0, 0.05) is 49.8 Å². The van der Waals surface area contributed by atoms with Gasteiger partial charge in [0.15, 0.2) is 0 Å². The minimum absolute atomic E-state index is 0.00268. The van der Waals surface area contributed by atoms with Gasteiger partial charge in [-0.1, -0.05) is 12.1 Å². The number of nitrogens with zero attached hydrogens (tertiary/aromatic N) is 3. The van der Waals surface area contributed by atoms with Crippen molar-refractivity contribution in [1.82, 2.24) is 9.88 Å². The van der Waals surface area contributed by atoms with E-state index in [0.29, 0.717) is 6.54 Å². The number of anilines is 2. The number of aromatic nitrogens is 1. The highest BCUT2D eigenvalue weighted by Crippen LogP contribution is 2.19. The number of halogens is 1. The molecule has 0 aliphatic carbocycles. The third-order valence-corrected chi connectivity index (χ3v) is 4.69. The van der Waals surface area contributed by atoms with Gasteiger partial charge < -0.3 is 10.2 Å². The van der Waals surface area contributed by atoms with Gasteiger partial charge in [-0.15, -0.1) is 0 Å². The molecule has 2 aromatic rings. The molecule has 0 bridgehead atoms. The van der Waals surface area contributed by atoms with Gasteiger partial charge >= 0.3 is 0 Å². The SMILES string of the molecule is Cc1cccc(NC(=O)CN2CCN(c3ccnc(F)c3)CC2)c1C. The van der Waals surface area contributed by atoms with E-state index >= 15 is 0 Å². The van der Waals surface area contributed by atoms with E-state index in [4.69, 9.17) is 0 Å². The van der Waals surface area contributed by atoms with Crippen molar-refractivity contribution in [2.75, 3.05) is 42.9 Å². The molecule has 1 fully saturated rings. The van der Waals surface area contributed by atoms with E-state index in [1.165, 1.54) is 12.3 Å². The van der Waals surface area contributed by atoms with E-state index in [1.54, 1.807) is 0 Å². The molecule has 2 heterocycles. The Morgan fingerprint density at radius 2 is 1.96 bits per heavy atom. The highest BCUT2D eigenvalue weighted by molar-refractivity contribution is 5.93. The Morgan fingerprint density at radius 3 is 2.68 bits per heavy atom. The molecule has 0 saturated carbocycles. The molecule has 1 saturated heterocycles. The van der Waals surface area contributed by atoms with Crippen molar-refractivity contribution in [1.29, 1.82) is 0 Å². The van der Waals surface area contributed by atoms with Crippen LogP contribution in [-0.2, 0) is 4.79 Å². The van der Waals surface area contributed by atoms with Crippen LogP contribution in [0.5, 0.6) is 0 Å². The first-order valence-electron chi connectivity index (χ1n) is 8.48. The van der Waals surface area contributed by atoms with Crippen molar-refractivity contribution in [3.05, 3.63) is 53.6 Å². The molecular formula is C19H23FN4O. The fourth-order valence-corrected chi connectivity index (χ4v) is 3.03. The van der Waals surface area contributed by atoms with Gasteiger partial charge in [0.05, 0.1) is 6.54 Å². The molecule has 3 rings (SSSR count). The molecule has 1 aliphatic heterocycles. The van der Waals surface area contributed by atoms with Gasteiger partial charge in [0.1, 0.15) is 0 Å². The smallest absolute Gasteiger partial charge is 0.238 e. The average Bonchev–Trinajstić information content (AvgIpc) is 2.60. The van der Waals surface area contributed by atoms with Gasteiger partial charge in [-0.05, 0) is 37.1 Å². The van der Waals surface area contributed by atoms with Crippen LogP contribution in [0.2, 0.25) is 0 Å². The number of nitrogens with one attached hydrogen (secondary N) is 1. The Kier molecular flexibility index (Phi) is 5.28. The van der Waals surface area contributed by atoms with E-state index < -0.39 is 5.95 Å². The Balaban J connectivity index is 1.52. The number of hydrogen-bond acceptors (Lipinski definition) is 4. The fraction of sp³-hybridized carbons (Fsp3) is 0.368. The molecule has 5 nitrogen and oxygen atoms in total. The first-order chi connectivity index (χ1) is 12.0. The molecule has 1 aliphatic rings. The summed E-state index contributed by atoms with van der Waals surface area (Å²) in [6, 6.07) is 9.17. The summed E-state index contributed by atoms with van der Waals surface area (Å²) >= 11 is 0. The lowest BCUT2D eigenvalue weighted by atomic mass is 10.1. The van der Waals surface area contributed by atoms with Crippen LogP contribution in [-0.4, -0.2) is 48.5 Å². The number of carbonyl (C=O) groups excluding carboxylic acids is 1. The number of carbonyl (C=O) groups is 1. The molecule has 1 N–H and O–H groups in total. The number of benzene rings is 1. The van der Waals surface area contributed by atoms with Crippen molar-refractivity contribution in [2.45, 2.75) is 13.8 Å². The molecule has 132 valence electrons. The fourth-order valence-electron chi connectivity index (χ4n) is 3.03. The van der Waals surface area contributed by atoms with E-state index in [9.17, 15) is 9.18 Å². The lowest BCUT2D eigenvalue weighted by Gasteiger charge is -2.35. The van der Waals surface area contributed by atoms with Crippen LogP contribution < -0.4 is 10.2 Å². The second kappa shape index (κ2) is 7.61. The van der Waals surface area contributed by atoms with Crippen LogP contribution in [0, 0.1) is 19.8 Å². The van der Waals surface area contributed by atoms with Crippen LogP contribution in [0.1, 0.15) is 11.1 Å². The summed E-state index contributed by atoms with van der Waals surface area (Å²) in [7, 11) is 0. The predicted octanol–water partition coefficient (Wildman–Crippen LogP) is 2.60. The minimum Gasteiger partial charge on any atom is -0.369 e. The maximum Gasteiger partial charge on any atom is 0.238 e. The third-order valence-electron chi connectivity index (χ3n) is 4.69. The molecule has 25 heavy (non-hydrogen) atoms. The third kappa shape index (κ3) is 4.33. The minimum atomic E-state index is -0.465. The molecule has 1 amide bonds. The summed E-state index contributed by atoms with van der Waals surface area (Å²) in [5.41, 5.74) is 3.97. The molecule has 0 unspecified atom stereocenters. The summed E-state index contributed by atoms with van der Waals surface area (Å²) in [4.78, 5) is 20.1. The normalized spacial score (nSPS) is 15.2. The average molecular weight is 342 g/mol. The van der Waals surface area contributed by atoms with Crippen LogP contribution in [0.15, 0.2) is 36.5 Å². The maximum atomic E-state index is 13.2. The van der Waals surface area contributed by atoms with Crippen LogP contribution in [0.25, 0.3) is 0 Å². The second-order valence-electron chi connectivity index (χ2n) is 6.40. The van der Waals surface area contributed by atoms with Gasteiger partial charge in [0.25, 0.3) is 0 Å². The Morgan fingerprint density at radius 1 is 1.20 bits per heavy atom. The van der Waals surface area contributed by atoms with E-state index in [-0.39, 0.29) is 5.91 Å². The number of piperazine rings is 1. The molecule has 1 aromatic heterocycles. The Hall–Kier alpha value is -2.47. The number of amides is 1. The summed E-state index contributed by atoms with van der Waals surface area (Å²) in [5, 5.41) is 3.00. The molecule has 1 aromatic carbocycles. The zero-order valence-electron chi connectivity index (χ0n) is 14.6. The molecular weight excluding hydrogens is 319 g/mol. The van der Waals surface area contributed by atoms with Crippen molar-refractivity contribution in [2.24, 2.45) is 0 Å². The van der Waals surface area contributed by atoms with Gasteiger partial charge in [-0.25, -0.2) is 4.98 Å². The number of rotatable bonds is 4. The Bertz CT molecular complexity index is 757. The summed E-state index contributed by atoms with van der Waals surface area (Å²) in [6.07, 6.45) is 1.48. The number of hydrogen-bond donors (Lipinski definition) is 1. The van der Waals surface area contributed by atoms with Gasteiger partial charge in [-0.2, -0.15) is 4.39 Å². The second-order valence-corrected chi connectivity index (χ2v) is 6.40. The topological polar surface area (TPSA) is 48.5 Å². The molecule has 0 atom stereocenters. The van der Waals surface area contributed by atoms with E-state index in [2.05, 4.69) is 20.1 Å². The Labute approximate surface area is 147 Å². The van der Waals surface area contributed by atoms with E-state index in [0.717, 1.165) is 48.7 Å². The van der Waals surface area contributed by atoms with Crippen molar-refractivity contribution >= 4 is 17.3 Å². The highest BCUT2D eigenvalue weighted by Gasteiger charge is 2.20. The quantitative estimate of drug-likeness (QED) is 0.868. The summed E-state index contributed by atoms with van der Waals surface area (Å²) in [6.45, 7) is 7.48. The number of pyridine rings is 1. The predicted molar refractivity (Wildman–Crippen MR) is 97.4 cm³/mol. The zero-order chi connectivity index (χ0) is 17.8. The molecule has 0 radical (unpaired) electrons. The highest BCUT2D eigenvalue weighted by atomic mass is 19.1. The summed E-state index contributed by atoms with van der Waals surface area (Å²) in [5.74, 6) is -0.468. The monoisotopic (exact) mass is 342 g/mol. The van der Waals surface area contributed by atoms with Crippen LogP contribution in [0.3, 0.4) is 0 Å². The standard InChI is InChI=1S/C19H23FN4O/c1-14-4-3-5-17(15(14)2)22-19(25)13-23-8-10-24(11-9-23)16-6-7-21-18(20)12-16/h3-7,12H,8-11,13H2,1-2H3,(H,22,25). The first-order valence-corrected chi connectivity index (χ1v) is 8.48. The van der Waals surface area contributed by atoms with Crippen molar-refractivity contribution < 1.29 is 9.18 Å². The zero-order valence-corrected chi connectivity index (χ0v) is 14.6. The van der Waals surface area contributed by atoms with Crippen molar-refractivity contribution in [3.8, 4) is 0 Å². The largest absolute Gasteiger partial charge is 0.369 e. The van der Waals surface area contributed by atoms with Gasteiger partial charge in [-0.3, -0.25) is 9.69 Å². The lowest BCUT2D eigenvalue weighted by molar-refractivity contribution is -0.117. The van der Waals surface area contributed by atoms with Crippen molar-refractivity contribution in [3.63, 3.8) is 0 Å². The molecule has 6 heteroatoms. The van der Waals surface area contributed by atoms with Crippen LogP contribution in [0.4, 0.5) is 15.8 Å². The summed E-state index contributed by atoms with van der Waals surface area (Å²) < 4.78 is 13.2. The number of aryl methyl sites for hydroxylation is 1. The maximum absolute atomic E-state index is 13.2. The van der Waals surface area contributed by atoms with Crippen LogP contribution >= 0.6 is 0 Å².